The van der Waals surface area contributed by atoms with Gasteiger partial charge < -0.3 is 15.2 Å². The van der Waals surface area contributed by atoms with Crippen molar-refractivity contribution in [3.05, 3.63) is 35.9 Å². The Morgan fingerprint density at radius 2 is 1.77 bits per heavy atom. The molecule has 0 aliphatic heterocycles. The Bertz CT molecular complexity index is 606. The van der Waals surface area contributed by atoms with Crippen LogP contribution in [-0.4, -0.2) is 35.1 Å². The summed E-state index contributed by atoms with van der Waals surface area (Å²) in [6.45, 7) is 7.43. The molecule has 0 unspecified atom stereocenters. The van der Waals surface area contributed by atoms with Gasteiger partial charge in [0, 0.05) is 18.5 Å². The normalized spacial score (nSPS) is 13.5. The van der Waals surface area contributed by atoms with Gasteiger partial charge in [0.2, 0.25) is 0 Å². The first-order valence-corrected chi connectivity index (χ1v) is 8.86. The van der Waals surface area contributed by atoms with E-state index in [1.807, 2.05) is 13.0 Å². The monoisotopic (exact) mass is 363 g/mol. The molecule has 2 atom stereocenters. The Hall–Kier alpha value is -2.37. The van der Waals surface area contributed by atoms with Crippen molar-refractivity contribution in [2.45, 2.75) is 52.6 Å². The maximum absolute atomic E-state index is 12.5. The summed E-state index contributed by atoms with van der Waals surface area (Å²) in [4.78, 5) is 35.4. The largest absolute Gasteiger partial charge is 0.481 e. The lowest BCUT2D eigenvalue weighted by molar-refractivity contribution is -0.160. The molecule has 0 bridgehead atoms. The van der Waals surface area contributed by atoms with Crippen LogP contribution in [0.4, 0.5) is 0 Å². The van der Waals surface area contributed by atoms with E-state index >= 15 is 0 Å². The minimum Gasteiger partial charge on any atom is -0.481 e. The Labute approximate surface area is 154 Å². The average Bonchev–Trinajstić information content (AvgIpc) is 2.55. The molecular weight excluding hydrogens is 334 g/mol. The highest BCUT2D eigenvalue weighted by atomic mass is 16.6. The number of carbonyl (C=O) groups is 3. The number of benzene rings is 1. The number of carbonyl (C=O) groups excluding carboxylic acids is 2. The van der Waals surface area contributed by atoms with Crippen molar-refractivity contribution >= 4 is 17.8 Å². The molecule has 0 fully saturated rings. The van der Waals surface area contributed by atoms with Crippen LogP contribution >= 0.6 is 0 Å². The van der Waals surface area contributed by atoms with Gasteiger partial charge in [0.25, 0.3) is 5.91 Å². The van der Waals surface area contributed by atoms with Crippen molar-refractivity contribution in [2.24, 2.45) is 11.8 Å². The molecule has 1 amide bonds. The molecule has 0 radical (unpaired) electrons. The molecular formula is C20H29NO5. The number of esters is 1. The number of rotatable bonds is 9. The van der Waals surface area contributed by atoms with Gasteiger partial charge in [-0.1, -0.05) is 25.1 Å². The van der Waals surface area contributed by atoms with Gasteiger partial charge in [-0.15, -0.1) is 0 Å². The summed E-state index contributed by atoms with van der Waals surface area (Å²) >= 11 is 0. The van der Waals surface area contributed by atoms with Crippen LogP contribution in [0.1, 0.15) is 57.3 Å². The molecule has 144 valence electrons. The number of hydrogen-bond acceptors (Lipinski definition) is 4. The van der Waals surface area contributed by atoms with E-state index in [2.05, 4.69) is 5.32 Å². The van der Waals surface area contributed by atoms with E-state index in [4.69, 9.17) is 9.84 Å². The third-order valence-corrected chi connectivity index (χ3v) is 3.82. The molecule has 0 aromatic heterocycles. The van der Waals surface area contributed by atoms with Crippen LogP contribution in [0, 0.1) is 11.8 Å². The maximum atomic E-state index is 12.5. The van der Waals surface area contributed by atoms with Crippen LogP contribution in [0.2, 0.25) is 0 Å². The van der Waals surface area contributed by atoms with E-state index in [1.165, 1.54) is 0 Å². The van der Waals surface area contributed by atoms with Gasteiger partial charge in [0.15, 0.2) is 0 Å². The number of ether oxygens (including phenoxy) is 1. The van der Waals surface area contributed by atoms with Crippen LogP contribution in [-0.2, 0) is 14.3 Å². The summed E-state index contributed by atoms with van der Waals surface area (Å²) in [5.41, 5.74) is -0.0994. The number of nitrogens with one attached hydrogen (secondary N) is 1. The van der Waals surface area contributed by atoms with Crippen molar-refractivity contribution < 1.29 is 24.2 Å². The lowest BCUT2D eigenvalue weighted by Crippen LogP contribution is -2.37. The van der Waals surface area contributed by atoms with Crippen LogP contribution in [0.5, 0.6) is 0 Å². The fraction of sp³-hybridized carbons (Fsp3) is 0.550. The summed E-state index contributed by atoms with van der Waals surface area (Å²) in [6, 6.07) is 8.77. The van der Waals surface area contributed by atoms with Gasteiger partial charge >= 0.3 is 11.9 Å². The molecule has 1 aromatic rings. The zero-order valence-electron chi connectivity index (χ0n) is 16.0. The molecule has 26 heavy (non-hydrogen) atoms. The summed E-state index contributed by atoms with van der Waals surface area (Å²) in [7, 11) is 0. The number of carboxylic acids is 1. The molecule has 0 saturated carbocycles. The van der Waals surface area contributed by atoms with E-state index in [1.54, 1.807) is 45.0 Å². The zero-order valence-corrected chi connectivity index (χ0v) is 16.0. The quantitative estimate of drug-likeness (QED) is 0.657. The molecule has 0 saturated heterocycles. The zero-order chi connectivity index (χ0) is 19.7. The van der Waals surface area contributed by atoms with Crippen LogP contribution in [0.15, 0.2) is 30.3 Å². The van der Waals surface area contributed by atoms with Crippen LogP contribution in [0.25, 0.3) is 0 Å². The standard InChI is InChI=1S/C20H29NO5/c1-14(10-11-17(22)23)12-16(19(25)26-20(2,3)4)13-21-18(24)15-8-6-5-7-9-15/h5-9,14,16H,10-13H2,1-4H3,(H,21,24)(H,22,23)/t14-,16-/m1/s1. The summed E-state index contributed by atoms with van der Waals surface area (Å²) in [6.07, 6.45) is 0.983. The lowest BCUT2D eigenvalue weighted by atomic mass is 9.92. The van der Waals surface area contributed by atoms with Crippen molar-refractivity contribution in [1.29, 1.82) is 0 Å². The van der Waals surface area contributed by atoms with Gasteiger partial charge in [-0.3, -0.25) is 14.4 Å². The van der Waals surface area contributed by atoms with Crippen molar-refractivity contribution in [3.8, 4) is 0 Å². The first-order chi connectivity index (χ1) is 12.1. The van der Waals surface area contributed by atoms with Gasteiger partial charge in [-0.2, -0.15) is 0 Å². The third kappa shape index (κ3) is 8.65. The van der Waals surface area contributed by atoms with Crippen LogP contribution in [0.3, 0.4) is 0 Å². The van der Waals surface area contributed by atoms with E-state index in [0.717, 1.165) is 0 Å². The molecule has 0 aliphatic carbocycles. The van der Waals surface area contributed by atoms with E-state index in [0.29, 0.717) is 18.4 Å². The summed E-state index contributed by atoms with van der Waals surface area (Å²) in [5, 5.41) is 11.6. The highest BCUT2D eigenvalue weighted by Gasteiger charge is 2.27. The SMILES string of the molecule is C[C@H](CCC(=O)O)C[C@H](CNC(=O)c1ccccc1)C(=O)OC(C)(C)C. The van der Waals surface area contributed by atoms with E-state index < -0.39 is 17.5 Å². The number of aliphatic carboxylic acids is 1. The number of carboxylic acid groups (broad SMARTS) is 1. The Kier molecular flexibility index (Phi) is 8.29. The van der Waals surface area contributed by atoms with Crippen molar-refractivity contribution in [1.82, 2.24) is 5.32 Å². The topological polar surface area (TPSA) is 92.7 Å². The van der Waals surface area contributed by atoms with E-state index in [-0.39, 0.29) is 30.8 Å². The molecule has 0 heterocycles. The average molecular weight is 363 g/mol. The summed E-state index contributed by atoms with van der Waals surface area (Å²) in [5.74, 6) is -1.99. The lowest BCUT2D eigenvalue weighted by Gasteiger charge is -2.25. The first kappa shape index (κ1) is 21.7. The molecule has 0 aliphatic rings. The van der Waals surface area contributed by atoms with Gasteiger partial charge in [0.1, 0.15) is 5.60 Å². The molecule has 1 aromatic carbocycles. The molecule has 2 N–H and O–H groups in total. The van der Waals surface area contributed by atoms with Crippen molar-refractivity contribution in [3.63, 3.8) is 0 Å². The second kappa shape index (κ2) is 9.94. The van der Waals surface area contributed by atoms with Gasteiger partial charge in [-0.05, 0) is 51.7 Å². The minimum atomic E-state index is -0.858. The third-order valence-electron chi connectivity index (χ3n) is 3.82. The Morgan fingerprint density at radius 3 is 2.31 bits per heavy atom. The second-order valence-corrected chi connectivity index (χ2v) is 7.58. The fourth-order valence-corrected chi connectivity index (χ4v) is 2.53. The predicted molar refractivity (Wildman–Crippen MR) is 98.8 cm³/mol. The van der Waals surface area contributed by atoms with Crippen LogP contribution < -0.4 is 5.32 Å². The van der Waals surface area contributed by atoms with Gasteiger partial charge in [-0.25, -0.2) is 0 Å². The maximum Gasteiger partial charge on any atom is 0.311 e. The van der Waals surface area contributed by atoms with E-state index in [9.17, 15) is 14.4 Å². The van der Waals surface area contributed by atoms with Crippen molar-refractivity contribution in [2.75, 3.05) is 6.54 Å². The molecule has 1 rings (SSSR count). The smallest absolute Gasteiger partial charge is 0.311 e. The molecule has 6 nitrogen and oxygen atoms in total. The first-order valence-electron chi connectivity index (χ1n) is 8.86. The predicted octanol–water partition coefficient (Wildman–Crippen LogP) is 3.27. The highest BCUT2D eigenvalue weighted by Crippen LogP contribution is 2.20. The Balaban J connectivity index is 2.71. The highest BCUT2D eigenvalue weighted by molar-refractivity contribution is 5.94. The number of amides is 1. The fourth-order valence-electron chi connectivity index (χ4n) is 2.53. The Morgan fingerprint density at radius 1 is 1.15 bits per heavy atom. The summed E-state index contributed by atoms with van der Waals surface area (Å²) < 4.78 is 5.46. The number of hydrogen-bond donors (Lipinski definition) is 2. The minimum absolute atomic E-state index is 0.0252. The van der Waals surface area contributed by atoms with Gasteiger partial charge in [0.05, 0.1) is 5.92 Å². The molecule has 0 spiro atoms. The second-order valence-electron chi connectivity index (χ2n) is 7.58. The molecule has 6 heteroatoms.